The maximum atomic E-state index is 12.6. The first kappa shape index (κ1) is 21.9. The molecule has 0 aliphatic heterocycles. The average Bonchev–Trinajstić information content (AvgIpc) is 2.67. The zero-order valence-corrected chi connectivity index (χ0v) is 17.0. The van der Waals surface area contributed by atoms with E-state index in [1.807, 2.05) is 30.3 Å². The summed E-state index contributed by atoms with van der Waals surface area (Å²) in [6, 6.07) is 15.1. The fraction of sp³-hybridized carbons (Fsp3) is 0.318. The summed E-state index contributed by atoms with van der Waals surface area (Å²) >= 11 is 0. The Balaban J connectivity index is 2.06. The first-order valence-corrected chi connectivity index (χ1v) is 9.20. The van der Waals surface area contributed by atoms with Crippen molar-refractivity contribution >= 4 is 23.7 Å². The van der Waals surface area contributed by atoms with Crippen LogP contribution in [0.3, 0.4) is 0 Å². The van der Waals surface area contributed by atoms with E-state index in [1.54, 1.807) is 45.0 Å². The van der Waals surface area contributed by atoms with Crippen LogP contribution in [0.25, 0.3) is 0 Å². The predicted octanol–water partition coefficient (Wildman–Crippen LogP) is 4.07. The third-order valence-electron chi connectivity index (χ3n) is 3.90. The molecule has 29 heavy (non-hydrogen) atoms. The van der Waals surface area contributed by atoms with Gasteiger partial charge in [0.2, 0.25) is 0 Å². The highest BCUT2D eigenvalue weighted by Crippen LogP contribution is 2.19. The van der Waals surface area contributed by atoms with Gasteiger partial charge in [-0.05, 0) is 50.6 Å². The van der Waals surface area contributed by atoms with Gasteiger partial charge in [0.1, 0.15) is 5.60 Å². The lowest BCUT2D eigenvalue weighted by Gasteiger charge is -2.20. The van der Waals surface area contributed by atoms with Crippen LogP contribution in [-0.2, 0) is 14.3 Å². The Morgan fingerprint density at radius 3 is 2.14 bits per heavy atom. The van der Waals surface area contributed by atoms with Crippen molar-refractivity contribution in [3.8, 4) is 0 Å². The maximum Gasteiger partial charge on any atom is 0.412 e. The van der Waals surface area contributed by atoms with E-state index in [0.717, 1.165) is 5.56 Å². The van der Waals surface area contributed by atoms with Crippen molar-refractivity contribution < 1.29 is 23.9 Å². The van der Waals surface area contributed by atoms with Crippen LogP contribution in [0.2, 0.25) is 0 Å². The van der Waals surface area contributed by atoms with Gasteiger partial charge < -0.3 is 14.8 Å². The summed E-state index contributed by atoms with van der Waals surface area (Å²) in [5, 5.41) is 5.47. The van der Waals surface area contributed by atoms with Gasteiger partial charge in [0.25, 0.3) is 5.91 Å². The minimum absolute atomic E-state index is 0.0184. The number of esters is 1. The number of methoxy groups -OCH3 is 1. The molecule has 2 aromatic rings. The van der Waals surface area contributed by atoms with Gasteiger partial charge in [-0.1, -0.05) is 30.3 Å². The standard InChI is InChI=1S/C22H26N2O5/c1-22(2,3)29-21(27)23-17-12-10-16(11-13-17)20(26)24-18(14-19(25)28-4)15-8-6-5-7-9-15/h5-13,18H,14H2,1-4H3,(H,23,27)(H,24,26). The van der Waals surface area contributed by atoms with Crippen LogP contribution in [0.4, 0.5) is 10.5 Å². The van der Waals surface area contributed by atoms with Crippen LogP contribution >= 0.6 is 0 Å². The number of anilines is 1. The number of hydrogen-bond acceptors (Lipinski definition) is 5. The van der Waals surface area contributed by atoms with Crippen molar-refractivity contribution in [3.05, 3.63) is 65.7 Å². The van der Waals surface area contributed by atoms with Crippen LogP contribution in [-0.4, -0.2) is 30.7 Å². The molecule has 0 spiro atoms. The third-order valence-corrected chi connectivity index (χ3v) is 3.90. The third kappa shape index (κ3) is 7.29. The molecule has 0 saturated heterocycles. The highest BCUT2D eigenvalue weighted by Gasteiger charge is 2.20. The number of hydrogen-bond donors (Lipinski definition) is 2. The van der Waals surface area contributed by atoms with E-state index in [0.29, 0.717) is 11.3 Å². The van der Waals surface area contributed by atoms with Gasteiger partial charge in [-0.3, -0.25) is 14.9 Å². The molecule has 2 rings (SSSR count). The summed E-state index contributed by atoms with van der Waals surface area (Å²) in [6.07, 6.45) is -0.554. The first-order chi connectivity index (χ1) is 13.7. The van der Waals surface area contributed by atoms with Gasteiger partial charge in [0.15, 0.2) is 0 Å². The van der Waals surface area contributed by atoms with E-state index < -0.39 is 23.7 Å². The monoisotopic (exact) mass is 398 g/mol. The zero-order valence-electron chi connectivity index (χ0n) is 17.0. The van der Waals surface area contributed by atoms with E-state index in [1.165, 1.54) is 7.11 Å². The molecule has 0 heterocycles. The smallest absolute Gasteiger partial charge is 0.412 e. The largest absolute Gasteiger partial charge is 0.469 e. The average molecular weight is 398 g/mol. The van der Waals surface area contributed by atoms with E-state index in [9.17, 15) is 14.4 Å². The van der Waals surface area contributed by atoms with Gasteiger partial charge >= 0.3 is 12.1 Å². The van der Waals surface area contributed by atoms with E-state index >= 15 is 0 Å². The highest BCUT2D eigenvalue weighted by molar-refractivity contribution is 5.95. The Kier molecular flexibility index (Phi) is 7.36. The number of amides is 2. The van der Waals surface area contributed by atoms with Gasteiger partial charge in [-0.25, -0.2) is 4.79 Å². The Labute approximate surface area is 170 Å². The topological polar surface area (TPSA) is 93.7 Å². The molecule has 2 aromatic carbocycles. The van der Waals surface area contributed by atoms with E-state index in [4.69, 9.17) is 9.47 Å². The van der Waals surface area contributed by atoms with Crippen LogP contribution in [0.1, 0.15) is 49.2 Å². The second-order valence-electron chi connectivity index (χ2n) is 7.42. The van der Waals surface area contributed by atoms with Crippen LogP contribution in [0.15, 0.2) is 54.6 Å². The van der Waals surface area contributed by atoms with Crippen LogP contribution in [0, 0.1) is 0 Å². The summed E-state index contributed by atoms with van der Waals surface area (Å²) in [5.74, 6) is -0.761. The maximum absolute atomic E-state index is 12.6. The van der Waals surface area contributed by atoms with Crippen molar-refractivity contribution in [2.75, 3.05) is 12.4 Å². The second-order valence-corrected chi connectivity index (χ2v) is 7.42. The van der Waals surface area contributed by atoms with Crippen molar-refractivity contribution in [2.24, 2.45) is 0 Å². The Morgan fingerprint density at radius 2 is 1.59 bits per heavy atom. The molecule has 0 bridgehead atoms. The molecule has 0 aliphatic carbocycles. The Bertz CT molecular complexity index is 842. The van der Waals surface area contributed by atoms with E-state index in [2.05, 4.69) is 10.6 Å². The zero-order chi connectivity index (χ0) is 21.4. The van der Waals surface area contributed by atoms with Crippen molar-refractivity contribution in [1.29, 1.82) is 0 Å². The lowest BCUT2D eigenvalue weighted by Crippen LogP contribution is -2.30. The number of carbonyl (C=O) groups excluding carboxylic acids is 3. The molecule has 0 radical (unpaired) electrons. The second kappa shape index (κ2) is 9.73. The molecule has 1 unspecified atom stereocenters. The SMILES string of the molecule is COC(=O)CC(NC(=O)c1ccc(NC(=O)OC(C)(C)C)cc1)c1ccccc1. The highest BCUT2D eigenvalue weighted by atomic mass is 16.6. The quantitative estimate of drug-likeness (QED) is 0.716. The molecule has 0 aliphatic rings. The van der Waals surface area contributed by atoms with Gasteiger partial charge in [-0.2, -0.15) is 0 Å². The van der Waals surface area contributed by atoms with Crippen LogP contribution < -0.4 is 10.6 Å². The molecule has 2 N–H and O–H groups in total. The summed E-state index contributed by atoms with van der Waals surface area (Å²) in [6.45, 7) is 5.33. The Morgan fingerprint density at radius 1 is 0.966 bits per heavy atom. The lowest BCUT2D eigenvalue weighted by molar-refractivity contribution is -0.141. The van der Waals surface area contributed by atoms with Crippen molar-refractivity contribution in [1.82, 2.24) is 5.32 Å². The van der Waals surface area contributed by atoms with Gasteiger partial charge in [-0.15, -0.1) is 0 Å². The molecule has 2 amide bonds. The number of nitrogens with one attached hydrogen (secondary N) is 2. The summed E-state index contributed by atoms with van der Waals surface area (Å²) < 4.78 is 9.93. The van der Waals surface area contributed by atoms with Crippen molar-refractivity contribution in [3.63, 3.8) is 0 Å². The molecule has 0 saturated carbocycles. The lowest BCUT2D eigenvalue weighted by atomic mass is 10.0. The molecule has 7 nitrogen and oxygen atoms in total. The van der Waals surface area contributed by atoms with Gasteiger partial charge in [0.05, 0.1) is 19.6 Å². The number of benzene rings is 2. The van der Waals surface area contributed by atoms with E-state index in [-0.39, 0.29) is 12.3 Å². The fourth-order valence-electron chi connectivity index (χ4n) is 2.56. The molecule has 0 fully saturated rings. The molecule has 0 aromatic heterocycles. The first-order valence-electron chi connectivity index (χ1n) is 9.20. The summed E-state index contributed by atoms with van der Waals surface area (Å²) in [5.41, 5.74) is 1.10. The normalized spacial score (nSPS) is 11.9. The minimum Gasteiger partial charge on any atom is -0.469 e. The number of carbonyl (C=O) groups is 3. The molecule has 154 valence electrons. The summed E-state index contributed by atoms with van der Waals surface area (Å²) in [7, 11) is 1.31. The molecular formula is C22H26N2O5. The Hall–Kier alpha value is -3.35. The van der Waals surface area contributed by atoms with Gasteiger partial charge in [0, 0.05) is 11.3 Å². The predicted molar refractivity (Wildman–Crippen MR) is 110 cm³/mol. The number of rotatable bonds is 6. The minimum atomic E-state index is -0.601. The fourth-order valence-corrected chi connectivity index (χ4v) is 2.56. The molecule has 1 atom stereocenters. The van der Waals surface area contributed by atoms with Crippen molar-refractivity contribution in [2.45, 2.75) is 38.8 Å². The van der Waals surface area contributed by atoms with Crippen LogP contribution in [0.5, 0.6) is 0 Å². The molecular weight excluding hydrogens is 372 g/mol. The number of ether oxygens (including phenoxy) is 2. The summed E-state index contributed by atoms with van der Waals surface area (Å²) in [4.78, 5) is 36.2. The molecule has 7 heteroatoms.